The zero-order chi connectivity index (χ0) is 49.9. The number of pyridine rings is 1. The minimum Gasteiger partial charge on any atom is -0.493 e. The number of hydrogen-bond acceptors (Lipinski definition) is 9. The van der Waals surface area contributed by atoms with E-state index in [1.807, 2.05) is 75.1 Å². The summed E-state index contributed by atoms with van der Waals surface area (Å²) >= 11 is 0. The van der Waals surface area contributed by atoms with Crippen molar-refractivity contribution in [2.75, 3.05) is 31.2 Å². The summed E-state index contributed by atoms with van der Waals surface area (Å²) in [7, 11) is -1.87. The molecule has 1 amide bonds. The molecule has 4 heterocycles. The molecule has 3 fully saturated rings. The molecule has 4 aromatic carbocycles. The Bertz CT molecular complexity index is 2880. The van der Waals surface area contributed by atoms with Crippen molar-refractivity contribution in [3.63, 3.8) is 0 Å². The van der Waals surface area contributed by atoms with E-state index >= 15 is 13.6 Å². The standard InChI is InChI=1S/C57H66F2N5O5Si/c1-11-41-44(58)25-22-37-28-40(67-33-54(2,3)4)29-42(45(37)41)47-46(59)48-43(30-60-47)50(63-31-38-23-24-39(32-63)64(38)53(66)69-55(5,6)7)62-52(61-48)68-34-57(26-27-57)51(65)70(56(8,9)10)49(35-18-14-12-15-19-35)36-20-16-13-17-21-36/h12-22,25,28-30,38-39,49H,11,23-24,26-27,31-34H2,1-10H3. The topological polar surface area (TPSA) is 107 Å². The molecule has 1 radical (unpaired) electrons. The van der Waals surface area contributed by atoms with Gasteiger partial charge in [-0.2, -0.15) is 9.97 Å². The number of carbonyl (C=O) groups excluding carboxylic acids is 2. The molecule has 3 aliphatic rings. The second-order valence-electron chi connectivity index (χ2n) is 22.8. The Morgan fingerprint density at radius 3 is 2.01 bits per heavy atom. The molecular formula is C57H66F2N5O5Si. The Morgan fingerprint density at radius 2 is 1.46 bits per heavy atom. The van der Waals surface area contributed by atoms with Crippen molar-refractivity contribution < 1.29 is 32.6 Å². The van der Waals surface area contributed by atoms with E-state index < -0.39 is 25.6 Å². The minimum absolute atomic E-state index is 0.0106. The average Bonchev–Trinajstić information content (AvgIpc) is 4.06. The van der Waals surface area contributed by atoms with Crippen molar-refractivity contribution >= 4 is 47.8 Å². The maximum absolute atomic E-state index is 17.9. The molecule has 2 aliphatic heterocycles. The van der Waals surface area contributed by atoms with Crippen molar-refractivity contribution in [2.45, 2.75) is 130 Å². The van der Waals surface area contributed by atoms with Gasteiger partial charge in [-0.25, -0.2) is 13.6 Å². The molecule has 70 heavy (non-hydrogen) atoms. The van der Waals surface area contributed by atoms with Crippen LogP contribution in [-0.2, 0) is 16.0 Å². The van der Waals surface area contributed by atoms with E-state index in [1.54, 1.807) is 18.3 Å². The van der Waals surface area contributed by atoms with Crippen molar-refractivity contribution in [3.05, 3.63) is 119 Å². The van der Waals surface area contributed by atoms with Gasteiger partial charge in [0.05, 0.1) is 29.5 Å². The predicted octanol–water partition coefficient (Wildman–Crippen LogP) is 12.6. The van der Waals surface area contributed by atoms with Crippen LogP contribution < -0.4 is 14.4 Å². The summed E-state index contributed by atoms with van der Waals surface area (Å²) in [5, 5.41) is 1.51. The fourth-order valence-electron chi connectivity index (χ4n) is 10.4. The Kier molecular flexibility index (Phi) is 13.1. The number of anilines is 1. The van der Waals surface area contributed by atoms with Gasteiger partial charge in [0, 0.05) is 30.4 Å². The zero-order valence-corrected chi connectivity index (χ0v) is 43.3. The minimum atomic E-state index is -1.87. The number of carbonyl (C=O) groups is 2. The molecule has 9 rings (SSSR count). The number of aromatic nitrogens is 3. The van der Waals surface area contributed by atoms with Crippen LogP contribution in [0.2, 0.25) is 5.04 Å². The first kappa shape index (κ1) is 49.0. The molecule has 1 aliphatic carbocycles. The van der Waals surface area contributed by atoms with Crippen LogP contribution in [0.3, 0.4) is 0 Å². The Morgan fingerprint density at radius 1 is 0.829 bits per heavy atom. The lowest BCUT2D eigenvalue weighted by Crippen LogP contribution is -2.57. The Labute approximate surface area is 412 Å². The number of nitrogens with zero attached hydrogens (tertiary/aromatic N) is 5. The number of rotatable bonds is 13. The lowest BCUT2D eigenvalue weighted by Gasteiger charge is -2.42. The van der Waals surface area contributed by atoms with Crippen LogP contribution in [0.5, 0.6) is 11.8 Å². The van der Waals surface area contributed by atoms with E-state index in [-0.39, 0.29) is 69.2 Å². The molecule has 2 saturated heterocycles. The third-order valence-electron chi connectivity index (χ3n) is 13.9. The van der Waals surface area contributed by atoms with Crippen molar-refractivity contribution in [3.8, 4) is 23.0 Å². The lowest BCUT2D eigenvalue weighted by molar-refractivity contribution is -0.118. The van der Waals surface area contributed by atoms with Crippen LogP contribution in [0.1, 0.15) is 117 Å². The fraction of sp³-hybridized carbons (Fsp3) is 0.456. The molecule has 1 saturated carbocycles. The van der Waals surface area contributed by atoms with E-state index in [1.165, 1.54) is 6.07 Å². The summed E-state index contributed by atoms with van der Waals surface area (Å²) in [4.78, 5) is 47.5. The van der Waals surface area contributed by atoms with Gasteiger partial charge in [-0.3, -0.25) is 9.88 Å². The molecule has 2 aromatic heterocycles. The number of ether oxygens (including phenoxy) is 3. The summed E-state index contributed by atoms with van der Waals surface area (Å²) in [5.74, 6) is -0.170. The predicted molar refractivity (Wildman–Crippen MR) is 274 cm³/mol. The second-order valence-corrected chi connectivity index (χ2v) is 26.2. The van der Waals surface area contributed by atoms with Crippen LogP contribution in [0.25, 0.3) is 32.9 Å². The lowest BCUT2D eigenvalue weighted by atomic mass is 9.94. The van der Waals surface area contributed by atoms with Gasteiger partial charge in [0.2, 0.25) is 0 Å². The van der Waals surface area contributed by atoms with Crippen LogP contribution in [-0.4, -0.2) is 84.1 Å². The van der Waals surface area contributed by atoms with Crippen molar-refractivity contribution in [1.82, 2.24) is 19.9 Å². The Balaban J connectivity index is 1.14. The number of hydrogen-bond donors (Lipinski definition) is 0. The van der Waals surface area contributed by atoms with E-state index in [4.69, 9.17) is 29.2 Å². The van der Waals surface area contributed by atoms with Gasteiger partial charge < -0.3 is 23.9 Å². The quantitative estimate of drug-likeness (QED) is 0.105. The van der Waals surface area contributed by atoms with Crippen LogP contribution >= 0.6 is 0 Å². The van der Waals surface area contributed by atoms with Crippen LogP contribution in [0.4, 0.5) is 19.4 Å². The molecule has 367 valence electrons. The fourth-order valence-corrected chi connectivity index (χ4v) is 14.2. The number of aryl methyl sites for hydroxylation is 1. The van der Waals surface area contributed by atoms with Gasteiger partial charge in [0.15, 0.2) is 14.6 Å². The molecule has 0 N–H and O–H groups in total. The number of fused-ring (bicyclic) bond motifs is 4. The Hall–Kier alpha value is -5.95. The summed E-state index contributed by atoms with van der Waals surface area (Å²) < 4.78 is 52.4. The molecule has 2 atom stereocenters. The highest BCUT2D eigenvalue weighted by atomic mass is 28.3. The molecule has 13 heteroatoms. The van der Waals surface area contributed by atoms with Crippen molar-refractivity contribution in [1.29, 1.82) is 0 Å². The van der Waals surface area contributed by atoms with E-state index in [9.17, 15) is 4.79 Å². The van der Waals surface area contributed by atoms with Gasteiger partial charge >= 0.3 is 12.1 Å². The smallest absolute Gasteiger partial charge is 0.410 e. The van der Waals surface area contributed by atoms with E-state index in [2.05, 4.69) is 70.7 Å². The number of benzene rings is 4. The molecule has 10 nitrogen and oxygen atoms in total. The van der Waals surface area contributed by atoms with E-state index in [0.29, 0.717) is 77.8 Å². The molecule has 2 bridgehead atoms. The third-order valence-corrected chi connectivity index (χ3v) is 17.8. The number of amides is 1. The van der Waals surface area contributed by atoms with Gasteiger partial charge in [0.25, 0.3) is 0 Å². The maximum atomic E-state index is 17.9. The van der Waals surface area contributed by atoms with Gasteiger partial charge in [-0.15, -0.1) is 0 Å². The number of halogens is 2. The molecular weight excluding hydrogens is 901 g/mol. The molecule has 0 spiro atoms. The number of piperazine rings is 1. The molecule has 2 unspecified atom stereocenters. The summed E-state index contributed by atoms with van der Waals surface area (Å²) in [6, 6.07) is 27.0. The van der Waals surface area contributed by atoms with Crippen LogP contribution in [0.15, 0.2) is 91.1 Å². The zero-order valence-electron chi connectivity index (χ0n) is 42.3. The summed E-state index contributed by atoms with van der Waals surface area (Å²) in [6.45, 7) is 21.5. The first-order valence-electron chi connectivity index (χ1n) is 24.8. The monoisotopic (exact) mass is 966 g/mol. The van der Waals surface area contributed by atoms with Gasteiger partial charge in [-0.05, 0) is 109 Å². The summed E-state index contributed by atoms with van der Waals surface area (Å²) in [6.07, 6.45) is 4.46. The highest BCUT2D eigenvalue weighted by Crippen LogP contribution is 2.53. The van der Waals surface area contributed by atoms with Gasteiger partial charge in [0.1, 0.15) is 46.2 Å². The normalized spacial score (nSPS) is 18.0. The maximum Gasteiger partial charge on any atom is 0.410 e. The second kappa shape index (κ2) is 18.7. The largest absolute Gasteiger partial charge is 0.493 e. The van der Waals surface area contributed by atoms with E-state index in [0.717, 1.165) is 24.0 Å². The summed E-state index contributed by atoms with van der Waals surface area (Å²) in [5.41, 5.74) is 1.33. The first-order valence-corrected chi connectivity index (χ1v) is 26.4. The third kappa shape index (κ3) is 9.87. The first-order chi connectivity index (χ1) is 33.1. The molecule has 6 aromatic rings. The highest BCUT2D eigenvalue weighted by Gasteiger charge is 2.57. The highest BCUT2D eigenvalue weighted by molar-refractivity contribution is 6.94. The van der Waals surface area contributed by atoms with Gasteiger partial charge in [-0.1, -0.05) is 115 Å². The van der Waals surface area contributed by atoms with Crippen molar-refractivity contribution in [2.24, 2.45) is 10.8 Å². The SMILES string of the molecule is CCc1c(F)ccc2cc(OCC(C)(C)C)cc(-c3ncc4c(N5CC6CCC(C5)N6C(=O)OC(C)(C)C)nc(OCC5(C(=O)[Si](C(c6ccccc6)c6ccccc6)C(C)(C)C)CC5)nc4c3F)c12. The van der Waals surface area contributed by atoms with Crippen LogP contribution in [0, 0.1) is 22.5 Å². The average molecular weight is 967 g/mol.